The first-order valence-corrected chi connectivity index (χ1v) is 7.29. The fourth-order valence-corrected chi connectivity index (χ4v) is 3.05. The molecule has 0 fully saturated rings. The van der Waals surface area contributed by atoms with Gasteiger partial charge in [0, 0.05) is 35.4 Å². The average molecular weight is 322 g/mol. The van der Waals surface area contributed by atoms with Crippen molar-refractivity contribution in [3.63, 3.8) is 0 Å². The molecule has 1 N–H and O–H groups in total. The van der Waals surface area contributed by atoms with Gasteiger partial charge in [-0.3, -0.25) is 4.68 Å². The Balaban J connectivity index is 2.13. The highest BCUT2D eigenvalue weighted by Gasteiger charge is 2.16. The van der Waals surface area contributed by atoms with Crippen LogP contribution in [0.5, 0.6) is 0 Å². The van der Waals surface area contributed by atoms with Gasteiger partial charge in [0.25, 0.3) is 0 Å². The summed E-state index contributed by atoms with van der Waals surface area (Å²) in [5.41, 5.74) is 3.61. The Morgan fingerprint density at radius 1 is 1.16 bits per heavy atom. The van der Waals surface area contributed by atoms with Gasteiger partial charge in [-0.1, -0.05) is 34.1 Å². The Labute approximate surface area is 123 Å². The van der Waals surface area contributed by atoms with Crippen LogP contribution in [-0.4, -0.2) is 9.78 Å². The largest absolute Gasteiger partial charge is 0.303 e. The molecule has 2 rings (SSSR count). The van der Waals surface area contributed by atoms with E-state index in [2.05, 4.69) is 71.5 Å². The third-order valence-electron chi connectivity index (χ3n) is 3.39. The fourth-order valence-electron chi connectivity index (χ4n) is 2.42. The minimum Gasteiger partial charge on any atom is -0.303 e. The van der Waals surface area contributed by atoms with Crippen LogP contribution in [0.15, 0.2) is 34.9 Å². The Morgan fingerprint density at radius 2 is 1.79 bits per heavy atom. The monoisotopic (exact) mass is 321 g/mol. The smallest absolute Gasteiger partial charge is 0.0641 e. The lowest BCUT2D eigenvalue weighted by atomic mass is 10.1. The summed E-state index contributed by atoms with van der Waals surface area (Å²) >= 11 is 3.61. The van der Waals surface area contributed by atoms with Crippen molar-refractivity contribution in [3.05, 3.63) is 51.8 Å². The maximum atomic E-state index is 4.40. The number of rotatable bonds is 4. The van der Waals surface area contributed by atoms with Crippen molar-refractivity contribution in [2.45, 2.75) is 32.9 Å². The molecular weight excluding hydrogens is 302 g/mol. The van der Waals surface area contributed by atoms with E-state index in [0.29, 0.717) is 0 Å². The quantitative estimate of drug-likeness (QED) is 0.925. The van der Waals surface area contributed by atoms with Crippen LogP contribution in [0, 0.1) is 6.92 Å². The highest BCUT2D eigenvalue weighted by Crippen LogP contribution is 2.26. The average Bonchev–Trinajstić information content (AvgIpc) is 2.69. The van der Waals surface area contributed by atoms with E-state index in [1.807, 2.05) is 17.8 Å². The zero-order valence-corrected chi connectivity index (χ0v) is 13.4. The van der Waals surface area contributed by atoms with Gasteiger partial charge < -0.3 is 5.32 Å². The molecule has 0 spiro atoms. The Bertz CT molecular complexity index is 562. The van der Waals surface area contributed by atoms with Gasteiger partial charge in [0.05, 0.1) is 5.69 Å². The lowest BCUT2D eigenvalue weighted by Gasteiger charge is -2.21. The van der Waals surface area contributed by atoms with Gasteiger partial charge in [-0.05, 0) is 32.4 Å². The summed E-state index contributed by atoms with van der Waals surface area (Å²) in [5.74, 6) is 0. The second-order valence-electron chi connectivity index (χ2n) is 4.98. The van der Waals surface area contributed by atoms with Crippen LogP contribution >= 0.6 is 15.9 Å². The summed E-state index contributed by atoms with van der Waals surface area (Å²) in [6.07, 6.45) is 2.08. The Hall–Kier alpha value is -1.13. The van der Waals surface area contributed by atoms with Crippen molar-refractivity contribution in [3.8, 4) is 0 Å². The summed E-state index contributed by atoms with van der Waals surface area (Å²) in [4.78, 5) is 0. The number of aryl methyl sites for hydroxylation is 2. The van der Waals surface area contributed by atoms with Gasteiger partial charge in [0.1, 0.15) is 0 Å². The molecule has 1 aromatic carbocycles. The van der Waals surface area contributed by atoms with Crippen molar-refractivity contribution in [1.82, 2.24) is 15.1 Å². The molecule has 1 aromatic heterocycles. The number of nitrogens with zero attached hydrogens (tertiary/aromatic N) is 2. The molecule has 2 atom stereocenters. The molecule has 102 valence electrons. The molecule has 3 nitrogen and oxygen atoms in total. The highest BCUT2D eigenvalue weighted by molar-refractivity contribution is 9.10. The number of hydrogen-bond donors (Lipinski definition) is 1. The van der Waals surface area contributed by atoms with E-state index in [-0.39, 0.29) is 12.1 Å². The molecule has 0 radical (unpaired) electrons. The fraction of sp³-hybridized carbons (Fsp3) is 0.400. The third kappa shape index (κ3) is 3.25. The van der Waals surface area contributed by atoms with Gasteiger partial charge in [0.15, 0.2) is 0 Å². The molecule has 4 heteroatoms. The molecule has 0 aliphatic heterocycles. The van der Waals surface area contributed by atoms with Crippen LogP contribution in [0.1, 0.15) is 42.8 Å². The molecule has 2 aromatic rings. The predicted octanol–water partition coefficient (Wildman–Crippen LogP) is 3.90. The molecule has 0 amide bonds. The summed E-state index contributed by atoms with van der Waals surface area (Å²) in [6, 6.07) is 8.88. The number of hydrogen-bond acceptors (Lipinski definition) is 2. The molecule has 0 aliphatic rings. The van der Waals surface area contributed by atoms with Gasteiger partial charge in [0.2, 0.25) is 0 Å². The second-order valence-corrected chi connectivity index (χ2v) is 5.83. The van der Waals surface area contributed by atoms with Crippen LogP contribution in [-0.2, 0) is 7.05 Å². The maximum absolute atomic E-state index is 4.40. The number of nitrogens with one attached hydrogen (secondary N) is 1. The molecule has 1 heterocycles. The molecule has 0 saturated carbocycles. The number of benzene rings is 1. The van der Waals surface area contributed by atoms with E-state index in [1.165, 1.54) is 11.1 Å². The first kappa shape index (κ1) is 14.3. The van der Waals surface area contributed by atoms with E-state index in [9.17, 15) is 0 Å². The minimum atomic E-state index is 0.274. The van der Waals surface area contributed by atoms with E-state index in [1.54, 1.807) is 0 Å². The van der Waals surface area contributed by atoms with E-state index in [0.717, 1.165) is 10.2 Å². The zero-order valence-electron chi connectivity index (χ0n) is 11.8. The number of aromatic nitrogens is 2. The third-order valence-corrected chi connectivity index (χ3v) is 4.11. The van der Waals surface area contributed by atoms with Crippen molar-refractivity contribution in [2.24, 2.45) is 7.05 Å². The Morgan fingerprint density at radius 3 is 2.37 bits per heavy atom. The first-order valence-electron chi connectivity index (χ1n) is 6.49. The topological polar surface area (TPSA) is 29.9 Å². The Kier molecular flexibility index (Phi) is 4.42. The van der Waals surface area contributed by atoms with Crippen LogP contribution in [0.25, 0.3) is 0 Å². The molecule has 19 heavy (non-hydrogen) atoms. The minimum absolute atomic E-state index is 0.274. The standard InChI is InChI=1S/C15H20BrN3/c1-10(13-7-5-6-8-15(13)16)17-11(2)14-9-19(4)18-12(14)3/h5-11,17H,1-4H3/t10-,11?/m0/s1. The zero-order chi connectivity index (χ0) is 14.0. The second kappa shape index (κ2) is 5.88. The summed E-state index contributed by atoms with van der Waals surface area (Å²) < 4.78 is 3.01. The molecular formula is C15H20BrN3. The van der Waals surface area contributed by atoms with Crippen LogP contribution in [0.3, 0.4) is 0 Å². The lowest BCUT2D eigenvalue weighted by Crippen LogP contribution is -2.23. The van der Waals surface area contributed by atoms with E-state index >= 15 is 0 Å². The molecule has 0 aliphatic carbocycles. The van der Waals surface area contributed by atoms with Crippen molar-refractivity contribution >= 4 is 15.9 Å². The van der Waals surface area contributed by atoms with Gasteiger partial charge >= 0.3 is 0 Å². The first-order chi connectivity index (χ1) is 8.99. The van der Waals surface area contributed by atoms with Gasteiger partial charge in [-0.25, -0.2) is 0 Å². The molecule has 1 unspecified atom stereocenters. The summed E-state index contributed by atoms with van der Waals surface area (Å²) in [7, 11) is 1.96. The van der Waals surface area contributed by atoms with E-state index in [4.69, 9.17) is 0 Å². The van der Waals surface area contributed by atoms with Crippen molar-refractivity contribution in [2.75, 3.05) is 0 Å². The lowest BCUT2D eigenvalue weighted by molar-refractivity contribution is 0.492. The maximum Gasteiger partial charge on any atom is 0.0641 e. The SMILES string of the molecule is Cc1nn(C)cc1C(C)N[C@@H](C)c1ccccc1Br. The highest BCUT2D eigenvalue weighted by atomic mass is 79.9. The molecule has 0 bridgehead atoms. The van der Waals surface area contributed by atoms with E-state index < -0.39 is 0 Å². The molecule has 0 saturated heterocycles. The van der Waals surface area contributed by atoms with Crippen molar-refractivity contribution in [1.29, 1.82) is 0 Å². The number of halogens is 1. The van der Waals surface area contributed by atoms with Gasteiger partial charge in [-0.2, -0.15) is 5.10 Å². The van der Waals surface area contributed by atoms with Crippen LogP contribution in [0.4, 0.5) is 0 Å². The van der Waals surface area contributed by atoms with Crippen LogP contribution in [0.2, 0.25) is 0 Å². The normalized spacial score (nSPS) is 14.4. The van der Waals surface area contributed by atoms with Gasteiger partial charge in [-0.15, -0.1) is 0 Å². The summed E-state index contributed by atoms with van der Waals surface area (Å²) in [5, 5.41) is 8.02. The summed E-state index contributed by atoms with van der Waals surface area (Å²) in [6.45, 7) is 6.41. The van der Waals surface area contributed by atoms with Crippen molar-refractivity contribution < 1.29 is 0 Å². The predicted molar refractivity (Wildman–Crippen MR) is 82.1 cm³/mol. The van der Waals surface area contributed by atoms with Crippen LogP contribution < -0.4 is 5.32 Å².